The molecule has 1 fully saturated rings. The number of alkyl halides is 2. The first-order valence-corrected chi connectivity index (χ1v) is 5.99. The minimum atomic E-state index is -4.90. The molecule has 1 rings (SSSR count). The summed E-state index contributed by atoms with van der Waals surface area (Å²) in [5.74, 6) is -5.13. The minimum Gasteiger partial charge on any atom is -0.331 e. The average Bonchev–Trinajstić information content (AvgIpc) is 2.36. The van der Waals surface area contributed by atoms with Gasteiger partial charge in [-0.1, -0.05) is 0 Å². The van der Waals surface area contributed by atoms with E-state index in [0.29, 0.717) is 4.90 Å². The van der Waals surface area contributed by atoms with Crippen LogP contribution in [-0.4, -0.2) is 50.0 Å². The molecule has 94 valence electrons. The third-order valence-corrected chi connectivity index (χ3v) is 3.05. The van der Waals surface area contributed by atoms with Crippen LogP contribution in [0.25, 0.3) is 0 Å². The van der Waals surface area contributed by atoms with Crippen molar-refractivity contribution in [1.82, 2.24) is 4.90 Å². The summed E-state index contributed by atoms with van der Waals surface area (Å²) in [6, 6.07) is -1.35. The van der Waals surface area contributed by atoms with Crippen molar-refractivity contribution in [2.75, 3.05) is 18.8 Å². The van der Waals surface area contributed by atoms with E-state index in [2.05, 4.69) is 0 Å². The zero-order chi connectivity index (χ0) is 12.6. The van der Waals surface area contributed by atoms with Crippen molar-refractivity contribution in [3.05, 3.63) is 0 Å². The van der Waals surface area contributed by atoms with Gasteiger partial charge in [0.1, 0.15) is 5.75 Å². The van der Waals surface area contributed by atoms with Gasteiger partial charge in [-0.2, -0.15) is 8.42 Å². The highest BCUT2D eigenvalue weighted by atomic mass is 32.3. The number of amides is 1. The lowest BCUT2D eigenvalue weighted by atomic mass is 10.2. The fraction of sp³-hybridized carbons (Fsp3) is 0.857. The average molecular weight is 260 g/mol. The van der Waals surface area contributed by atoms with Gasteiger partial charge in [-0.25, -0.2) is 8.78 Å². The van der Waals surface area contributed by atoms with Crippen LogP contribution < -0.4 is 5.73 Å². The van der Waals surface area contributed by atoms with E-state index in [4.69, 9.17) is 5.73 Å². The molecule has 0 aliphatic carbocycles. The molecule has 5 nitrogen and oxygen atoms in total. The van der Waals surface area contributed by atoms with E-state index in [1.165, 1.54) is 0 Å². The van der Waals surface area contributed by atoms with E-state index in [-0.39, 0.29) is 0 Å². The predicted molar refractivity (Wildman–Crippen MR) is 49.0 cm³/mol. The van der Waals surface area contributed by atoms with Gasteiger partial charge in [-0.15, -0.1) is 3.89 Å². The van der Waals surface area contributed by atoms with Gasteiger partial charge in [-0.3, -0.25) is 4.79 Å². The van der Waals surface area contributed by atoms with Crippen LogP contribution in [0, 0.1) is 0 Å². The smallest absolute Gasteiger partial charge is 0.304 e. The highest BCUT2D eigenvalue weighted by Crippen LogP contribution is 2.32. The molecule has 0 unspecified atom stereocenters. The second-order valence-corrected chi connectivity index (χ2v) is 5.06. The minimum absolute atomic E-state index is 0.515. The molecular weight excluding hydrogens is 249 g/mol. The first-order chi connectivity index (χ1) is 7.14. The number of nitrogens with two attached hydrogens (primary N) is 1. The summed E-state index contributed by atoms with van der Waals surface area (Å²) in [7, 11) is -4.90. The molecule has 9 heteroatoms. The monoisotopic (exact) mass is 260 g/mol. The summed E-state index contributed by atoms with van der Waals surface area (Å²) in [5, 5.41) is 0. The Bertz CT molecular complexity index is 384. The van der Waals surface area contributed by atoms with Crippen molar-refractivity contribution in [3.8, 4) is 0 Å². The Kier molecular flexibility index (Phi) is 3.48. The van der Waals surface area contributed by atoms with Crippen LogP contribution in [-0.2, 0) is 15.0 Å². The Morgan fingerprint density at radius 3 is 2.50 bits per heavy atom. The maximum atomic E-state index is 13.0. The molecule has 2 N–H and O–H groups in total. The van der Waals surface area contributed by atoms with Crippen molar-refractivity contribution >= 4 is 16.1 Å². The van der Waals surface area contributed by atoms with Gasteiger partial charge in [0.25, 0.3) is 5.92 Å². The summed E-state index contributed by atoms with van der Waals surface area (Å²) in [4.78, 5) is 11.8. The summed E-state index contributed by atoms with van der Waals surface area (Å²) in [6.45, 7) is -1.43. The number of likely N-dealkylation sites (tertiary alicyclic amines) is 1. The zero-order valence-electron chi connectivity index (χ0n) is 8.20. The molecule has 1 heterocycles. The normalized spacial score (nSPS) is 24.8. The van der Waals surface area contributed by atoms with E-state index in [9.17, 15) is 25.9 Å². The molecule has 0 aromatic rings. The number of halogens is 3. The first kappa shape index (κ1) is 13.2. The van der Waals surface area contributed by atoms with Gasteiger partial charge >= 0.3 is 10.2 Å². The quantitative estimate of drug-likeness (QED) is 0.692. The molecule has 16 heavy (non-hydrogen) atoms. The Morgan fingerprint density at radius 2 is 2.06 bits per heavy atom. The first-order valence-electron chi connectivity index (χ1n) is 4.44. The molecule has 1 amide bonds. The van der Waals surface area contributed by atoms with Crippen LogP contribution in [0.2, 0.25) is 0 Å². The second kappa shape index (κ2) is 4.21. The van der Waals surface area contributed by atoms with Crippen molar-refractivity contribution < 1.29 is 25.9 Å². The van der Waals surface area contributed by atoms with Gasteiger partial charge in [0.2, 0.25) is 5.91 Å². The van der Waals surface area contributed by atoms with Crippen molar-refractivity contribution in [1.29, 1.82) is 0 Å². The molecule has 1 aliphatic rings. The lowest BCUT2D eigenvalue weighted by Crippen LogP contribution is -2.42. The van der Waals surface area contributed by atoms with E-state index in [0.717, 1.165) is 0 Å². The van der Waals surface area contributed by atoms with E-state index >= 15 is 0 Å². The standard InChI is InChI=1S/C7H11F3N2O3S/c8-7(9)1-5(3-16(10,14)15)12(4-7)6(13)2-11/h5H,1-4,11H2/t5-/m0/s1. The van der Waals surface area contributed by atoms with Crippen molar-refractivity contribution in [2.24, 2.45) is 5.73 Å². The molecule has 0 spiro atoms. The van der Waals surface area contributed by atoms with Crippen LogP contribution in [0.4, 0.5) is 12.7 Å². The maximum absolute atomic E-state index is 13.0. The van der Waals surface area contributed by atoms with E-state index in [1.807, 2.05) is 0 Å². The zero-order valence-corrected chi connectivity index (χ0v) is 9.01. The number of nitrogens with zero attached hydrogens (tertiary/aromatic N) is 1. The van der Waals surface area contributed by atoms with Gasteiger partial charge in [0.15, 0.2) is 0 Å². The molecule has 0 aromatic carbocycles. The molecular formula is C7H11F3N2O3S. The Balaban J connectivity index is 2.84. The second-order valence-electron chi connectivity index (χ2n) is 3.65. The number of carbonyl (C=O) groups excluding carboxylic acids is 1. The number of carbonyl (C=O) groups is 1. The Hall–Kier alpha value is -0.830. The number of hydrogen-bond donors (Lipinski definition) is 1. The summed E-state index contributed by atoms with van der Waals surface area (Å²) >= 11 is 0. The van der Waals surface area contributed by atoms with Crippen LogP contribution in [0.3, 0.4) is 0 Å². The largest absolute Gasteiger partial charge is 0.331 e. The number of rotatable bonds is 3. The van der Waals surface area contributed by atoms with Gasteiger partial charge in [0.05, 0.1) is 19.1 Å². The van der Waals surface area contributed by atoms with Crippen molar-refractivity contribution in [3.63, 3.8) is 0 Å². The maximum Gasteiger partial charge on any atom is 0.304 e. The van der Waals surface area contributed by atoms with Crippen LogP contribution >= 0.6 is 0 Å². The molecule has 0 aromatic heterocycles. The lowest BCUT2D eigenvalue weighted by molar-refractivity contribution is -0.131. The van der Waals surface area contributed by atoms with Crippen LogP contribution in [0.5, 0.6) is 0 Å². The SMILES string of the molecule is NCC(=O)N1CC(F)(F)C[C@H]1CS(=O)(=O)F. The predicted octanol–water partition coefficient (Wildman–Crippen LogP) is -0.519. The van der Waals surface area contributed by atoms with E-state index < -0.39 is 53.4 Å². The van der Waals surface area contributed by atoms with E-state index in [1.54, 1.807) is 0 Å². The van der Waals surface area contributed by atoms with Gasteiger partial charge in [0, 0.05) is 6.42 Å². The fourth-order valence-electron chi connectivity index (χ4n) is 1.69. The Morgan fingerprint density at radius 1 is 1.50 bits per heavy atom. The molecule has 0 radical (unpaired) electrons. The Labute approximate surface area is 90.6 Å². The molecule has 1 saturated heterocycles. The fourth-order valence-corrected chi connectivity index (χ4v) is 2.44. The third-order valence-electron chi connectivity index (χ3n) is 2.26. The highest BCUT2D eigenvalue weighted by Gasteiger charge is 2.47. The van der Waals surface area contributed by atoms with Crippen LogP contribution in [0.15, 0.2) is 0 Å². The summed E-state index contributed by atoms with van der Waals surface area (Å²) in [5.41, 5.74) is 4.99. The topological polar surface area (TPSA) is 80.5 Å². The summed E-state index contributed by atoms with van der Waals surface area (Å²) in [6.07, 6.45) is -0.859. The molecule has 1 atom stereocenters. The lowest BCUT2D eigenvalue weighted by Gasteiger charge is -2.21. The van der Waals surface area contributed by atoms with Gasteiger partial charge < -0.3 is 10.6 Å². The molecule has 0 saturated carbocycles. The number of hydrogen-bond acceptors (Lipinski definition) is 4. The highest BCUT2D eigenvalue weighted by molar-refractivity contribution is 7.86. The van der Waals surface area contributed by atoms with Crippen LogP contribution in [0.1, 0.15) is 6.42 Å². The summed E-state index contributed by atoms with van der Waals surface area (Å²) < 4.78 is 59.1. The van der Waals surface area contributed by atoms with Gasteiger partial charge in [-0.05, 0) is 0 Å². The molecule has 0 bridgehead atoms. The molecule has 1 aliphatic heterocycles. The third kappa shape index (κ3) is 3.34. The van der Waals surface area contributed by atoms with Crippen molar-refractivity contribution in [2.45, 2.75) is 18.4 Å².